The zero-order valence-corrected chi connectivity index (χ0v) is 12.6. The third kappa shape index (κ3) is 4.10. The number of hydrogen-bond acceptors (Lipinski definition) is 4. The van der Waals surface area contributed by atoms with Crippen molar-refractivity contribution in [1.29, 1.82) is 0 Å². The summed E-state index contributed by atoms with van der Waals surface area (Å²) >= 11 is 4.23. The van der Waals surface area contributed by atoms with E-state index in [4.69, 9.17) is 9.47 Å². The molecule has 102 valence electrons. The average molecular weight is 269 g/mol. The van der Waals surface area contributed by atoms with E-state index >= 15 is 0 Å². The third-order valence-corrected chi connectivity index (χ3v) is 3.25. The second-order valence-corrected chi connectivity index (χ2v) is 4.90. The standard InChI is InChI=1S/C14H23NO2S/c1-11-8-14(17-4)12(9-13(11)16-3)10-15(2)6-5-7-18/h8-9,18H,5-7,10H2,1-4H3. The molecule has 0 aliphatic heterocycles. The third-order valence-electron chi connectivity index (χ3n) is 2.94. The number of thiol groups is 1. The number of aryl methyl sites for hydroxylation is 1. The van der Waals surface area contributed by atoms with Crippen molar-refractivity contribution < 1.29 is 9.47 Å². The van der Waals surface area contributed by atoms with Crippen molar-refractivity contribution in [3.05, 3.63) is 23.3 Å². The second-order valence-electron chi connectivity index (χ2n) is 4.45. The predicted molar refractivity (Wildman–Crippen MR) is 79.1 cm³/mol. The lowest BCUT2D eigenvalue weighted by Crippen LogP contribution is -2.20. The van der Waals surface area contributed by atoms with Gasteiger partial charge in [0.1, 0.15) is 11.5 Å². The van der Waals surface area contributed by atoms with E-state index in [0.29, 0.717) is 0 Å². The molecular formula is C14H23NO2S. The molecule has 3 nitrogen and oxygen atoms in total. The molecule has 1 aromatic carbocycles. The monoisotopic (exact) mass is 269 g/mol. The van der Waals surface area contributed by atoms with Gasteiger partial charge in [-0.3, -0.25) is 0 Å². The minimum absolute atomic E-state index is 0.855. The fraction of sp³-hybridized carbons (Fsp3) is 0.571. The van der Waals surface area contributed by atoms with E-state index in [1.807, 2.05) is 13.0 Å². The minimum Gasteiger partial charge on any atom is -0.496 e. The van der Waals surface area contributed by atoms with Gasteiger partial charge in [-0.25, -0.2) is 0 Å². The van der Waals surface area contributed by atoms with Crippen molar-refractivity contribution >= 4 is 12.6 Å². The number of hydrogen-bond donors (Lipinski definition) is 1. The van der Waals surface area contributed by atoms with E-state index in [0.717, 1.165) is 47.9 Å². The number of methoxy groups -OCH3 is 2. The first-order chi connectivity index (χ1) is 8.62. The summed E-state index contributed by atoms with van der Waals surface area (Å²) in [6.45, 7) is 3.91. The van der Waals surface area contributed by atoms with Crippen LogP contribution in [0.1, 0.15) is 17.5 Å². The molecule has 4 heteroatoms. The van der Waals surface area contributed by atoms with Gasteiger partial charge in [0, 0.05) is 12.1 Å². The van der Waals surface area contributed by atoms with Crippen molar-refractivity contribution in [2.45, 2.75) is 19.9 Å². The highest BCUT2D eigenvalue weighted by molar-refractivity contribution is 7.80. The number of benzene rings is 1. The van der Waals surface area contributed by atoms with Gasteiger partial charge < -0.3 is 14.4 Å². The highest BCUT2D eigenvalue weighted by Gasteiger charge is 2.10. The van der Waals surface area contributed by atoms with E-state index in [2.05, 4.69) is 30.6 Å². The van der Waals surface area contributed by atoms with Gasteiger partial charge in [0.05, 0.1) is 14.2 Å². The van der Waals surface area contributed by atoms with Crippen LogP contribution in [0.2, 0.25) is 0 Å². The van der Waals surface area contributed by atoms with Gasteiger partial charge in [-0.15, -0.1) is 0 Å². The van der Waals surface area contributed by atoms with Crippen LogP contribution in [0.4, 0.5) is 0 Å². The molecular weight excluding hydrogens is 246 g/mol. The maximum absolute atomic E-state index is 5.43. The zero-order valence-electron chi connectivity index (χ0n) is 11.7. The molecule has 0 saturated carbocycles. The fourth-order valence-corrected chi connectivity index (χ4v) is 2.09. The van der Waals surface area contributed by atoms with Crippen molar-refractivity contribution in [2.75, 3.05) is 33.6 Å². The van der Waals surface area contributed by atoms with Crippen LogP contribution in [0.15, 0.2) is 12.1 Å². The summed E-state index contributed by atoms with van der Waals surface area (Å²) in [5, 5.41) is 0. The van der Waals surface area contributed by atoms with Gasteiger partial charge in [-0.1, -0.05) is 0 Å². The average Bonchev–Trinajstić information content (AvgIpc) is 2.37. The summed E-state index contributed by atoms with van der Waals surface area (Å²) in [4.78, 5) is 2.27. The van der Waals surface area contributed by atoms with Crippen LogP contribution in [-0.4, -0.2) is 38.5 Å². The Morgan fingerprint density at radius 3 is 2.39 bits per heavy atom. The summed E-state index contributed by atoms with van der Waals surface area (Å²) in [6.07, 6.45) is 1.09. The molecule has 0 heterocycles. The summed E-state index contributed by atoms with van der Waals surface area (Å²) in [5.74, 6) is 2.75. The Labute approximate surface area is 115 Å². The molecule has 0 N–H and O–H groups in total. The topological polar surface area (TPSA) is 21.7 Å². The minimum atomic E-state index is 0.855. The van der Waals surface area contributed by atoms with Crippen molar-refractivity contribution in [2.24, 2.45) is 0 Å². The normalized spacial score (nSPS) is 10.8. The summed E-state index contributed by atoms with van der Waals surface area (Å²) in [6, 6.07) is 4.09. The largest absolute Gasteiger partial charge is 0.496 e. The molecule has 0 fully saturated rings. The Hall–Kier alpha value is -0.870. The lowest BCUT2D eigenvalue weighted by atomic mass is 10.1. The van der Waals surface area contributed by atoms with E-state index in [9.17, 15) is 0 Å². The SMILES string of the molecule is COc1cc(CN(C)CCCS)c(OC)cc1C. The Morgan fingerprint density at radius 2 is 1.83 bits per heavy atom. The Balaban J connectivity index is 2.85. The van der Waals surface area contributed by atoms with E-state index in [-0.39, 0.29) is 0 Å². The van der Waals surface area contributed by atoms with Crippen LogP contribution in [0.5, 0.6) is 11.5 Å². The van der Waals surface area contributed by atoms with Crippen molar-refractivity contribution in [1.82, 2.24) is 4.90 Å². The van der Waals surface area contributed by atoms with Crippen LogP contribution in [0, 0.1) is 6.92 Å². The summed E-state index contributed by atoms with van der Waals surface area (Å²) in [7, 11) is 5.51. The number of ether oxygens (including phenoxy) is 2. The smallest absolute Gasteiger partial charge is 0.123 e. The maximum atomic E-state index is 5.43. The highest BCUT2D eigenvalue weighted by atomic mass is 32.1. The van der Waals surface area contributed by atoms with Gasteiger partial charge in [0.2, 0.25) is 0 Å². The first-order valence-electron chi connectivity index (χ1n) is 6.13. The number of nitrogens with zero attached hydrogens (tertiary/aromatic N) is 1. The van der Waals surface area contributed by atoms with Gasteiger partial charge in [0.15, 0.2) is 0 Å². The molecule has 0 amide bonds. The molecule has 1 rings (SSSR count). The lowest BCUT2D eigenvalue weighted by Gasteiger charge is -2.19. The number of rotatable bonds is 7. The lowest BCUT2D eigenvalue weighted by molar-refractivity contribution is 0.317. The van der Waals surface area contributed by atoms with E-state index < -0.39 is 0 Å². The van der Waals surface area contributed by atoms with E-state index in [1.165, 1.54) is 0 Å². The zero-order chi connectivity index (χ0) is 13.5. The fourth-order valence-electron chi connectivity index (χ4n) is 1.95. The second kappa shape index (κ2) is 7.54. The Kier molecular flexibility index (Phi) is 6.36. The summed E-state index contributed by atoms with van der Waals surface area (Å²) in [5.41, 5.74) is 2.25. The van der Waals surface area contributed by atoms with Crippen LogP contribution in [0.3, 0.4) is 0 Å². The molecule has 1 aromatic rings. The quantitative estimate of drug-likeness (QED) is 0.769. The highest BCUT2D eigenvalue weighted by Crippen LogP contribution is 2.28. The van der Waals surface area contributed by atoms with Crippen LogP contribution < -0.4 is 9.47 Å². The molecule has 0 aliphatic carbocycles. The molecule has 0 radical (unpaired) electrons. The Bertz CT molecular complexity index is 382. The van der Waals surface area contributed by atoms with Gasteiger partial charge in [0.25, 0.3) is 0 Å². The molecule has 0 bridgehead atoms. The van der Waals surface area contributed by atoms with Gasteiger partial charge >= 0.3 is 0 Å². The van der Waals surface area contributed by atoms with Crippen LogP contribution >= 0.6 is 12.6 Å². The van der Waals surface area contributed by atoms with Gasteiger partial charge in [-0.2, -0.15) is 12.6 Å². The van der Waals surface area contributed by atoms with E-state index in [1.54, 1.807) is 14.2 Å². The van der Waals surface area contributed by atoms with Crippen LogP contribution in [0.25, 0.3) is 0 Å². The molecule has 0 unspecified atom stereocenters. The maximum Gasteiger partial charge on any atom is 0.123 e. The molecule has 0 atom stereocenters. The Morgan fingerprint density at radius 1 is 1.17 bits per heavy atom. The van der Waals surface area contributed by atoms with Crippen molar-refractivity contribution in [3.8, 4) is 11.5 Å². The van der Waals surface area contributed by atoms with Crippen molar-refractivity contribution in [3.63, 3.8) is 0 Å². The van der Waals surface area contributed by atoms with Crippen LogP contribution in [-0.2, 0) is 6.54 Å². The first-order valence-corrected chi connectivity index (χ1v) is 6.76. The molecule has 18 heavy (non-hydrogen) atoms. The first kappa shape index (κ1) is 15.2. The summed E-state index contributed by atoms with van der Waals surface area (Å²) < 4.78 is 10.8. The molecule has 0 saturated heterocycles. The predicted octanol–water partition coefficient (Wildman–Crippen LogP) is 2.76. The molecule has 0 aliphatic rings. The molecule has 0 aromatic heterocycles. The molecule has 0 spiro atoms. The van der Waals surface area contributed by atoms with Gasteiger partial charge in [-0.05, 0) is 50.4 Å².